The number of thioether (sulfide) groups is 1. The number of pyridine rings is 1. The zero-order valence-electron chi connectivity index (χ0n) is 19.0. The van der Waals surface area contributed by atoms with Gasteiger partial charge in [-0.15, -0.1) is 10.2 Å². The maximum atomic E-state index is 12.9. The molecule has 4 bridgehead atoms. The molecule has 4 aliphatic rings. The lowest BCUT2D eigenvalue weighted by atomic mass is 9.53. The van der Waals surface area contributed by atoms with Crippen LogP contribution in [0.3, 0.4) is 0 Å². The summed E-state index contributed by atoms with van der Waals surface area (Å²) < 4.78 is 1.98. The van der Waals surface area contributed by atoms with E-state index >= 15 is 0 Å². The molecule has 172 valence electrons. The van der Waals surface area contributed by atoms with E-state index in [1.54, 1.807) is 6.92 Å². The maximum Gasteiger partial charge on any atom is 0.321 e. The molecule has 3 aromatic rings. The Balaban J connectivity index is 1.15. The maximum absolute atomic E-state index is 12.9. The summed E-state index contributed by atoms with van der Waals surface area (Å²) in [5, 5.41) is 15.7. The van der Waals surface area contributed by atoms with Crippen molar-refractivity contribution in [3.05, 3.63) is 35.9 Å². The fraction of sp³-hybridized carbons (Fsp3) is 0.520. The van der Waals surface area contributed by atoms with Gasteiger partial charge in [0, 0.05) is 10.9 Å². The van der Waals surface area contributed by atoms with Gasteiger partial charge in [0.1, 0.15) is 0 Å². The second-order valence-corrected chi connectivity index (χ2v) is 11.7. The quantitative estimate of drug-likeness (QED) is 0.558. The number of aryl methyl sites for hydroxylation is 1. The first kappa shape index (κ1) is 21.0. The van der Waals surface area contributed by atoms with Gasteiger partial charge in [-0.3, -0.25) is 14.5 Å². The number of hydrogen-bond donors (Lipinski definition) is 2. The third-order valence-corrected chi connectivity index (χ3v) is 8.92. The number of carbonyl (C=O) groups is 2. The van der Waals surface area contributed by atoms with Crippen LogP contribution >= 0.6 is 11.8 Å². The van der Waals surface area contributed by atoms with Gasteiger partial charge in [-0.1, -0.05) is 30.0 Å². The van der Waals surface area contributed by atoms with Crippen molar-refractivity contribution in [3.8, 4) is 0 Å². The molecule has 1 unspecified atom stereocenters. The average Bonchev–Trinajstić information content (AvgIpc) is 3.14. The van der Waals surface area contributed by atoms with Gasteiger partial charge in [0.25, 0.3) is 0 Å². The molecule has 8 heteroatoms. The summed E-state index contributed by atoms with van der Waals surface area (Å²) in [7, 11) is 0. The molecule has 7 nitrogen and oxygen atoms in total. The predicted octanol–water partition coefficient (Wildman–Crippen LogP) is 4.47. The Hall–Kier alpha value is -2.61. The van der Waals surface area contributed by atoms with Crippen LogP contribution in [0.25, 0.3) is 16.6 Å². The van der Waals surface area contributed by atoms with Crippen LogP contribution in [-0.2, 0) is 4.79 Å². The first-order chi connectivity index (χ1) is 15.9. The van der Waals surface area contributed by atoms with Crippen molar-refractivity contribution in [3.63, 3.8) is 0 Å². The second-order valence-electron chi connectivity index (χ2n) is 10.4. The summed E-state index contributed by atoms with van der Waals surface area (Å²) in [6.45, 7) is 3.86. The third-order valence-electron chi connectivity index (χ3n) is 7.88. The number of amides is 3. The van der Waals surface area contributed by atoms with Gasteiger partial charge in [0.15, 0.2) is 10.8 Å². The SMILES string of the molecule is Cc1cc2nnc(SC(C)C(=O)NC(=O)NC34CC5CC(CC(C5)C3)C4)n2c2ccccc12. The van der Waals surface area contributed by atoms with Crippen LogP contribution < -0.4 is 10.6 Å². The van der Waals surface area contributed by atoms with Crippen LogP contribution in [0, 0.1) is 24.7 Å². The number of nitrogens with one attached hydrogen (secondary N) is 2. The highest BCUT2D eigenvalue weighted by molar-refractivity contribution is 8.00. The van der Waals surface area contributed by atoms with Gasteiger partial charge in [-0.2, -0.15) is 0 Å². The zero-order valence-corrected chi connectivity index (χ0v) is 19.8. The fourth-order valence-corrected chi connectivity index (χ4v) is 7.78. The largest absolute Gasteiger partial charge is 0.332 e. The number of rotatable bonds is 4. The van der Waals surface area contributed by atoms with E-state index in [9.17, 15) is 9.59 Å². The molecule has 3 amide bonds. The predicted molar refractivity (Wildman–Crippen MR) is 128 cm³/mol. The van der Waals surface area contributed by atoms with Gasteiger partial charge in [-0.05, 0) is 87.8 Å². The summed E-state index contributed by atoms with van der Waals surface area (Å²) in [6.07, 6.45) is 7.12. The summed E-state index contributed by atoms with van der Waals surface area (Å²) >= 11 is 1.32. The van der Waals surface area contributed by atoms with Crippen LogP contribution in [0.1, 0.15) is 51.0 Å². The van der Waals surface area contributed by atoms with E-state index in [4.69, 9.17) is 0 Å². The summed E-state index contributed by atoms with van der Waals surface area (Å²) in [6, 6.07) is 9.75. The zero-order chi connectivity index (χ0) is 22.7. The molecule has 2 N–H and O–H groups in total. The van der Waals surface area contributed by atoms with E-state index in [-0.39, 0.29) is 17.5 Å². The van der Waals surface area contributed by atoms with Crippen LogP contribution in [0.2, 0.25) is 0 Å². The van der Waals surface area contributed by atoms with E-state index in [2.05, 4.69) is 33.8 Å². The van der Waals surface area contributed by atoms with Crippen molar-refractivity contribution in [2.24, 2.45) is 17.8 Å². The number of fused-ring (bicyclic) bond motifs is 3. The van der Waals surface area contributed by atoms with Crippen molar-refractivity contribution in [1.82, 2.24) is 25.2 Å². The highest BCUT2D eigenvalue weighted by atomic mass is 32.2. The van der Waals surface area contributed by atoms with Gasteiger partial charge < -0.3 is 5.32 Å². The molecule has 33 heavy (non-hydrogen) atoms. The highest BCUT2D eigenvalue weighted by Crippen LogP contribution is 2.55. The molecule has 4 aliphatic carbocycles. The lowest BCUT2D eigenvalue weighted by Crippen LogP contribution is -2.62. The van der Waals surface area contributed by atoms with Gasteiger partial charge >= 0.3 is 6.03 Å². The molecule has 7 rings (SSSR count). The topological polar surface area (TPSA) is 88.4 Å². The Kier molecular flexibility index (Phi) is 4.90. The molecule has 2 heterocycles. The molecule has 0 aliphatic heterocycles. The molecular weight excluding hydrogens is 434 g/mol. The number of carbonyl (C=O) groups excluding carboxylic acids is 2. The molecule has 2 aromatic heterocycles. The third kappa shape index (κ3) is 3.68. The standard InChI is InChI=1S/C25H29N5O2S/c1-14-7-21-28-29-24(30(21)20-6-4-3-5-19(14)20)33-15(2)22(31)26-23(32)27-25-11-16-8-17(12-25)10-18(9-16)13-25/h3-7,15-18H,8-13H2,1-2H3,(H2,26,27,31,32). The first-order valence-electron chi connectivity index (χ1n) is 11.9. The van der Waals surface area contributed by atoms with E-state index in [1.165, 1.54) is 31.0 Å². The van der Waals surface area contributed by atoms with Crippen LogP contribution in [0.15, 0.2) is 35.5 Å². The second kappa shape index (κ2) is 7.72. The van der Waals surface area contributed by atoms with Crippen molar-refractivity contribution >= 4 is 40.3 Å². The molecule has 0 saturated heterocycles. The number of imide groups is 1. The number of benzene rings is 1. The number of aromatic nitrogens is 3. The Labute approximate surface area is 197 Å². The van der Waals surface area contributed by atoms with E-state index in [0.717, 1.165) is 59.1 Å². The lowest BCUT2D eigenvalue weighted by Gasteiger charge is -2.56. The van der Waals surface area contributed by atoms with Crippen molar-refractivity contribution in [1.29, 1.82) is 0 Å². The van der Waals surface area contributed by atoms with Gasteiger partial charge in [0.05, 0.1) is 10.8 Å². The first-order valence-corrected chi connectivity index (χ1v) is 12.8. The number of hydrogen-bond acceptors (Lipinski definition) is 5. The minimum Gasteiger partial charge on any atom is -0.332 e. The van der Waals surface area contributed by atoms with Gasteiger partial charge in [0.2, 0.25) is 5.91 Å². The van der Waals surface area contributed by atoms with Crippen molar-refractivity contribution < 1.29 is 9.59 Å². The van der Waals surface area contributed by atoms with Crippen LogP contribution in [0.5, 0.6) is 0 Å². The summed E-state index contributed by atoms with van der Waals surface area (Å²) in [5.41, 5.74) is 2.78. The molecular formula is C25H29N5O2S. The minimum absolute atomic E-state index is 0.116. The van der Waals surface area contributed by atoms with Crippen molar-refractivity contribution in [2.75, 3.05) is 0 Å². The Morgan fingerprint density at radius 1 is 1.09 bits per heavy atom. The minimum atomic E-state index is -0.487. The molecule has 1 atom stereocenters. The average molecular weight is 464 g/mol. The fourth-order valence-electron chi connectivity index (χ4n) is 6.91. The summed E-state index contributed by atoms with van der Waals surface area (Å²) in [5.74, 6) is 1.90. The molecule has 1 aromatic carbocycles. The van der Waals surface area contributed by atoms with E-state index in [1.807, 2.05) is 28.7 Å². The number of para-hydroxylation sites is 1. The lowest BCUT2D eigenvalue weighted by molar-refractivity contribution is -0.119. The number of urea groups is 1. The monoisotopic (exact) mass is 463 g/mol. The van der Waals surface area contributed by atoms with Crippen molar-refractivity contribution in [2.45, 2.75) is 68.3 Å². The van der Waals surface area contributed by atoms with E-state index < -0.39 is 5.25 Å². The highest BCUT2D eigenvalue weighted by Gasteiger charge is 2.51. The van der Waals surface area contributed by atoms with E-state index in [0.29, 0.717) is 5.16 Å². The molecule has 0 spiro atoms. The Bertz CT molecular complexity index is 1230. The molecule has 4 fully saturated rings. The normalized spacial score (nSPS) is 28.8. The summed E-state index contributed by atoms with van der Waals surface area (Å²) in [4.78, 5) is 25.7. The smallest absolute Gasteiger partial charge is 0.321 e. The molecule has 4 saturated carbocycles. The Morgan fingerprint density at radius 2 is 1.76 bits per heavy atom. The van der Waals surface area contributed by atoms with Gasteiger partial charge in [-0.25, -0.2) is 4.79 Å². The Morgan fingerprint density at radius 3 is 2.45 bits per heavy atom. The molecule has 0 radical (unpaired) electrons. The van der Waals surface area contributed by atoms with Crippen LogP contribution in [0.4, 0.5) is 4.79 Å². The number of nitrogens with zero attached hydrogens (tertiary/aromatic N) is 3. The van der Waals surface area contributed by atoms with Crippen LogP contribution in [-0.4, -0.2) is 37.3 Å².